The van der Waals surface area contributed by atoms with Gasteiger partial charge in [0.1, 0.15) is 5.82 Å². The van der Waals surface area contributed by atoms with Gasteiger partial charge in [-0.3, -0.25) is 9.98 Å². The molecule has 1 aliphatic rings. The summed E-state index contributed by atoms with van der Waals surface area (Å²) < 4.78 is 20.7. The fourth-order valence-electron chi connectivity index (χ4n) is 2.88. The van der Waals surface area contributed by atoms with Gasteiger partial charge in [-0.1, -0.05) is 6.07 Å². The van der Waals surface area contributed by atoms with Crippen molar-refractivity contribution in [1.29, 1.82) is 0 Å². The zero-order chi connectivity index (χ0) is 18.5. The monoisotopic (exact) mass is 382 g/mol. The third kappa shape index (κ3) is 4.37. The summed E-state index contributed by atoms with van der Waals surface area (Å²) in [6, 6.07) is 12.0. The van der Waals surface area contributed by atoms with E-state index < -0.39 is 0 Å². The number of pyridine rings is 1. The Morgan fingerprint density at radius 2 is 2.15 bits per heavy atom. The van der Waals surface area contributed by atoms with Crippen molar-refractivity contribution in [2.24, 2.45) is 10.1 Å². The molecule has 0 unspecified atom stereocenters. The van der Waals surface area contributed by atoms with Gasteiger partial charge < -0.3 is 4.74 Å². The quantitative estimate of drug-likeness (QED) is 0.632. The van der Waals surface area contributed by atoms with Crippen molar-refractivity contribution in [3.63, 3.8) is 0 Å². The van der Waals surface area contributed by atoms with Gasteiger partial charge in [0.15, 0.2) is 0 Å². The van der Waals surface area contributed by atoms with Crippen LogP contribution < -0.4 is 4.80 Å². The van der Waals surface area contributed by atoms with Crippen molar-refractivity contribution in [3.05, 3.63) is 70.4 Å². The third-order valence-corrected chi connectivity index (χ3v) is 5.13. The summed E-state index contributed by atoms with van der Waals surface area (Å²) in [4.78, 5) is 9.76. The molecule has 138 valence electrons. The number of thiazole rings is 1. The smallest absolute Gasteiger partial charge is 0.206 e. The van der Waals surface area contributed by atoms with Crippen molar-refractivity contribution in [2.75, 3.05) is 13.2 Å². The number of hydrogen-bond acceptors (Lipinski definition) is 5. The van der Waals surface area contributed by atoms with Crippen LogP contribution >= 0.6 is 11.3 Å². The molecule has 0 aliphatic carbocycles. The van der Waals surface area contributed by atoms with E-state index in [-0.39, 0.29) is 11.9 Å². The highest BCUT2D eigenvalue weighted by molar-refractivity contribution is 7.07. The molecule has 0 radical (unpaired) electrons. The van der Waals surface area contributed by atoms with Crippen molar-refractivity contribution in [2.45, 2.75) is 18.9 Å². The summed E-state index contributed by atoms with van der Waals surface area (Å²) >= 11 is 1.51. The second-order valence-electron chi connectivity index (χ2n) is 6.20. The Labute approximate surface area is 160 Å². The predicted molar refractivity (Wildman–Crippen MR) is 104 cm³/mol. The molecular weight excluding hydrogens is 363 g/mol. The molecule has 1 aliphatic heterocycles. The van der Waals surface area contributed by atoms with Crippen LogP contribution in [0.4, 0.5) is 4.39 Å². The Balaban J connectivity index is 1.71. The second-order valence-corrected chi connectivity index (χ2v) is 7.03. The minimum Gasteiger partial charge on any atom is -0.376 e. The van der Waals surface area contributed by atoms with E-state index in [1.54, 1.807) is 29.2 Å². The average Bonchev–Trinajstić information content (AvgIpc) is 3.36. The lowest BCUT2D eigenvalue weighted by atomic mass is 10.2. The van der Waals surface area contributed by atoms with E-state index in [2.05, 4.69) is 10.1 Å². The minimum atomic E-state index is -0.263. The third-order valence-electron chi connectivity index (χ3n) is 4.27. The van der Waals surface area contributed by atoms with Crippen LogP contribution in [-0.2, 0) is 4.74 Å². The van der Waals surface area contributed by atoms with E-state index >= 15 is 0 Å². The molecule has 0 saturated carbocycles. The standard InChI is InChI=1S/C20H19FN4OS/c21-16-8-6-15(7-9-16)19-14-27-20(23-13-18-5-3-11-26-18)25(19)24-12-17-4-1-2-10-22-17/h1-2,4,6-10,12,14,18H,3,5,11,13H2/b23-20?,24-12-/t18-/m1/s1. The topological polar surface area (TPSA) is 51.8 Å². The van der Waals surface area contributed by atoms with Crippen molar-refractivity contribution in [1.82, 2.24) is 9.66 Å². The van der Waals surface area contributed by atoms with Crippen LogP contribution in [0.15, 0.2) is 64.1 Å². The van der Waals surface area contributed by atoms with Gasteiger partial charge in [-0.15, -0.1) is 11.3 Å². The van der Waals surface area contributed by atoms with E-state index in [0.717, 1.165) is 41.2 Å². The molecule has 0 N–H and O–H groups in total. The van der Waals surface area contributed by atoms with Gasteiger partial charge >= 0.3 is 0 Å². The van der Waals surface area contributed by atoms with Crippen LogP contribution in [-0.4, -0.2) is 35.1 Å². The number of rotatable bonds is 5. The maximum atomic E-state index is 13.3. The first kappa shape index (κ1) is 17.8. The van der Waals surface area contributed by atoms with E-state index in [1.165, 1.54) is 23.5 Å². The minimum absolute atomic E-state index is 0.176. The molecule has 3 heterocycles. The number of ether oxygens (including phenoxy) is 1. The number of aromatic nitrogens is 2. The maximum Gasteiger partial charge on any atom is 0.206 e. The number of nitrogens with zero attached hydrogens (tertiary/aromatic N) is 4. The summed E-state index contributed by atoms with van der Waals surface area (Å²) in [6.45, 7) is 1.42. The lowest BCUT2D eigenvalue weighted by molar-refractivity contribution is 0.117. The molecule has 7 heteroatoms. The highest BCUT2D eigenvalue weighted by atomic mass is 32.1. The maximum absolute atomic E-state index is 13.3. The first-order valence-electron chi connectivity index (χ1n) is 8.83. The molecule has 1 atom stereocenters. The van der Waals surface area contributed by atoms with Gasteiger partial charge in [0.2, 0.25) is 4.80 Å². The van der Waals surface area contributed by atoms with Crippen LogP contribution in [0.3, 0.4) is 0 Å². The highest BCUT2D eigenvalue weighted by Crippen LogP contribution is 2.20. The number of halogens is 1. The highest BCUT2D eigenvalue weighted by Gasteiger charge is 2.15. The fourth-order valence-corrected chi connectivity index (χ4v) is 3.72. The van der Waals surface area contributed by atoms with Gasteiger partial charge in [-0.05, 0) is 49.2 Å². The van der Waals surface area contributed by atoms with Gasteiger partial charge in [0.25, 0.3) is 0 Å². The van der Waals surface area contributed by atoms with Gasteiger partial charge in [-0.25, -0.2) is 9.07 Å². The molecule has 2 aromatic heterocycles. The van der Waals surface area contributed by atoms with Crippen molar-refractivity contribution in [3.8, 4) is 11.3 Å². The summed E-state index contributed by atoms with van der Waals surface area (Å²) in [5, 5.41) is 6.58. The van der Waals surface area contributed by atoms with Crippen molar-refractivity contribution >= 4 is 17.6 Å². The van der Waals surface area contributed by atoms with Gasteiger partial charge in [-0.2, -0.15) is 5.10 Å². The molecular formula is C20H19FN4OS. The molecule has 4 rings (SSSR count). The molecule has 0 spiro atoms. The fraction of sp³-hybridized carbons (Fsp3) is 0.250. The molecule has 0 amide bonds. The molecule has 0 bridgehead atoms. The van der Waals surface area contributed by atoms with Crippen LogP contribution in [0.5, 0.6) is 0 Å². The second kappa shape index (κ2) is 8.37. The van der Waals surface area contributed by atoms with Crippen LogP contribution in [0.1, 0.15) is 18.5 Å². The Morgan fingerprint density at radius 3 is 2.89 bits per heavy atom. The average molecular weight is 382 g/mol. The summed E-state index contributed by atoms with van der Waals surface area (Å²) in [6.07, 6.45) is 5.73. The van der Waals surface area contributed by atoms with Crippen LogP contribution in [0, 0.1) is 5.82 Å². The SMILES string of the molecule is Fc1ccc(-c2csc(=NC[C@H]3CCCO3)n2/N=C\c2ccccn2)cc1. The number of benzene rings is 1. The van der Waals surface area contributed by atoms with Gasteiger partial charge in [0.05, 0.1) is 30.3 Å². The summed E-state index contributed by atoms with van der Waals surface area (Å²) in [7, 11) is 0. The van der Waals surface area contributed by atoms with Crippen molar-refractivity contribution < 1.29 is 9.13 Å². The lowest BCUT2D eigenvalue weighted by Crippen LogP contribution is -2.17. The number of hydrogen-bond donors (Lipinski definition) is 0. The first-order chi connectivity index (χ1) is 13.3. The van der Waals surface area contributed by atoms with E-state index in [4.69, 9.17) is 9.73 Å². The molecule has 1 fully saturated rings. The zero-order valence-electron chi connectivity index (χ0n) is 14.7. The zero-order valence-corrected chi connectivity index (χ0v) is 15.5. The van der Waals surface area contributed by atoms with E-state index in [1.807, 2.05) is 23.6 Å². The predicted octanol–water partition coefficient (Wildman–Crippen LogP) is 3.71. The largest absolute Gasteiger partial charge is 0.376 e. The molecule has 27 heavy (non-hydrogen) atoms. The van der Waals surface area contributed by atoms with Crippen LogP contribution in [0.2, 0.25) is 0 Å². The van der Waals surface area contributed by atoms with Crippen LogP contribution in [0.25, 0.3) is 11.3 Å². The van der Waals surface area contributed by atoms with E-state index in [9.17, 15) is 4.39 Å². The molecule has 1 saturated heterocycles. The van der Waals surface area contributed by atoms with E-state index in [0.29, 0.717) is 6.54 Å². The van der Waals surface area contributed by atoms with Gasteiger partial charge in [0, 0.05) is 23.7 Å². The Hall–Kier alpha value is -2.64. The molecule has 1 aromatic carbocycles. The molecule has 3 aromatic rings. The summed E-state index contributed by atoms with van der Waals surface area (Å²) in [5.74, 6) is -0.263. The Kier molecular flexibility index (Phi) is 5.50. The lowest BCUT2D eigenvalue weighted by Gasteiger charge is -2.05. The normalized spacial score (nSPS) is 17.8. The Morgan fingerprint density at radius 1 is 1.26 bits per heavy atom. The molecule has 5 nitrogen and oxygen atoms in total. The Bertz CT molecular complexity index is 973. The summed E-state index contributed by atoms with van der Waals surface area (Å²) in [5.41, 5.74) is 2.49. The first-order valence-corrected chi connectivity index (χ1v) is 9.71.